The molecule has 1 amide bonds. The van der Waals surface area contributed by atoms with E-state index in [9.17, 15) is 13.2 Å². The number of amides is 1. The average molecular weight is 361 g/mol. The average Bonchev–Trinajstić information content (AvgIpc) is 2.82. The lowest BCUT2D eigenvalue weighted by Crippen LogP contribution is -2.44. The molecule has 0 spiro atoms. The highest BCUT2D eigenvalue weighted by Crippen LogP contribution is 2.25. The molecule has 0 atom stereocenters. The summed E-state index contributed by atoms with van der Waals surface area (Å²) in [5, 5.41) is 10.5. The molecule has 0 bridgehead atoms. The van der Waals surface area contributed by atoms with Crippen LogP contribution in [-0.4, -0.2) is 36.7 Å². The van der Waals surface area contributed by atoms with Gasteiger partial charge in [-0.15, -0.1) is 11.3 Å². The highest BCUT2D eigenvalue weighted by Gasteiger charge is 2.29. The third kappa shape index (κ3) is 5.52. The van der Waals surface area contributed by atoms with Crippen molar-refractivity contribution in [1.29, 1.82) is 0 Å². The van der Waals surface area contributed by atoms with Crippen LogP contribution in [-0.2, 0) is 21.4 Å². The first kappa shape index (κ1) is 18.3. The van der Waals surface area contributed by atoms with E-state index in [1.807, 2.05) is 5.38 Å². The first-order valence-electron chi connectivity index (χ1n) is 7.58. The first-order valence-corrected chi connectivity index (χ1v) is 9.96. The Morgan fingerprint density at radius 1 is 1.43 bits per heavy atom. The number of thiazole rings is 1. The van der Waals surface area contributed by atoms with E-state index in [-0.39, 0.29) is 30.3 Å². The molecular weight excluding hydrogens is 336 g/mol. The van der Waals surface area contributed by atoms with E-state index in [4.69, 9.17) is 5.14 Å². The van der Waals surface area contributed by atoms with Crippen molar-refractivity contribution in [2.24, 2.45) is 16.5 Å². The van der Waals surface area contributed by atoms with Gasteiger partial charge in [0.1, 0.15) is 0 Å². The van der Waals surface area contributed by atoms with E-state index >= 15 is 0 Å². The van der Waals surface area contributed by atoms with Gasteiger partial charge in [-0.2, -0.15) is 12.7 Å². The van der Waals surface area contributed by atoms with Crippen molar-refractivity contribution in [3.05, 3.63) is 11.1 Å². The molecule has 1 aromatic rings. The maximum atomic E-state index is 12.3. The van der Waals surface area contributed by atoms with Gasteiger partial charge in [0.25, 0.3) is 10.2 Å². The van der Waals surface area contributed by atoms with Crippen LogP contribution in [0.25, 0.3) is 0 Å². The van der Waals surface area contributed by atoms with Crippen LogP contribution in [0.2, 0.25) is 0 Å². The standard InChI is InChI=1S/C14H24N4O3S2/c1-14(2,3)8-11-9-22-13(16-11)17-12(19)10-4-6-18(7-5-10)23(15,20)21/h9-10H,4-8H2,1-3H3,(H2,15,20,21)(H,16,17,19). The maximum absolute atomic E-state index is 12.3. The predicted molar refractivity (Wildman–Crippen MR) is 91.3 cm³/mol. The number of nitrogens with zero attached hydrogens (tertiary/aromatic N) is 2. The van der Waals surface area contributed by atoms with Crippen molar-refractivity contribution in [2.75, 3.05) is 18.4 Å². The number of nitrogens with two attached hydrogens (primary N) is 1. The molecule has 7 nitrogen and oxygen atoms in total. The Morgan fingerprint density at radius 2 is 2.04 bits per heavy atom. The summed E-state index contributed by atoms with van der Waals surface area (Å²) in [4.78, 5) is 16.7. The number of piperidine rings is 1. The minimum atomic E-state index is -3.66. The monoisotopic (exact) mass is 360 g/mol. The minimum Gasteiger partial charge on any atom is -0.302 e. The molecule has 9 heteroatoms. The summed E-state index contributed by atoms with van der Waals surface area (Å²) in [6, 6.07) is 0. The Bertz CT molecular complexity index is 656. The summed E-state index contributed by atoms with van der Waals surface area (Å²) in [6.07, 6.45) is 1.80. The third-order valence-electron chi connectivity index (χ3n) is 3.68. The van der Waals surface area contributed by atoms with Crippen LogP contribution >= 0.6 is 11.3 Å². The van der Waals surface area contributed by atoms with E-state index in [0.717, 1.165) is 12.1 Å². The van der Waals surface area contributed by atoms with Gasteiger partial charge in [-0.05, 0) is 24.7 Å². The number of rotatable bonds is 4. The first-order chi connectivity index (χ1) is 10.5. The summed E-state index contributed by atoms with van der Waals surface area (Å²) in [5.74, 6) is -0.307. The molecule has 0 aliphatic carbocycles. The zero-order chi connectivity index (χ0) is 17.3. The normalized spacial score (nSPS) is 18.1. The molecule has 1 saturated heterocycles. The van der Waals surface area contributed by atoms with Crippen molar-refractivity contribution in [3.63, 3.8) is 0 Å². The highest BCUT2D eigenvalue weighted by atomic mass is 32.2. The molecule has 0 radical (unpaired) electrons. The molecular formula is C14H24N4O3S2. The number of anilines is 1. The summed E-state index contributed by atoms with van der Waals surface area (Å²) in [7, 11) is -3.66. The van der Waals surface area contributed by atoms with Crippen LogP contribution in [0.5, 0.6) is 0 Å². The summed E-state index contributed by atoms with van der Waals surface area (Å²) < 4.78 is 23.7. The van der Waals surface area contributed by atoms with Crippen molar-refractivity contribution in [3.8, 4) is 0 Å². The number of carbonyl (C=O) groups excluding carboxylic acids is 1. The van der Waals surface area contributed by atoms with Crippen molar-refractivity contribution >= 4 is 32.6 Å². The van der Waals surface area contributed by atoms with E-state index in [1.54, 1.807) is 0 Å². The Labute approximate surface area is 141 Å². The Hall–Kier alpha value is -1.03. The third-order valence-corrected chi connectivity index (χ3v) is 5.57. The second kappa shape index (κ2) is 6.84. The zero-order valence-corrected chi connectivity index (χ0v) is 15.3. The number of nitrogens with one attached hydrogen (secondary N) is 1. The molecule has 0 saturated carbocycles. The molecule has 1 aliphatic heterocycles. The molecule has 0 aromatic carbocycles. The number of hydrogen-bond donors (Lipinski definition) is 2. The smallest absolute Gasteiger partial charge is 0.276 e. The quantitative estimate of drug-likeness (QED) is 0.850. The summed E-state index contributed by atoms with van der Waals surface area (Å²) >= 11 is 1.42. The number of carbonyl (C=O) groups is 1. The van der Waals surface area contributed by atoms with Crippen LogP contribution in [0.3, 0.4) is 0 Å². The van der Waals surface area contributed by atoms with Gasteiger partial charge >= 0.3 is 0 Å². The van der Waals surface area contributed by atoms with Crippen LogP contribution in [0.4, 0.5) is 5.13 Å². The fourth-order valence-electron chi connectivity index (χ4n) is 2.57. The maximum Gasteiger partial charge on any atom is 0.276 e. The molecule has 130 valence electrons. The highest BCUT2D eigenvalue weighted by molar-refractivity contribution is 7.86. The van der Waals surface area contributed by atoms with Crippen LogP contribution < -0.4 is 10.5 Å². The largest absolute Gasteiger partial charge is 0.302 e. The molecule has 3 N–H and O–H groups in total. The van der Waals surface area contributed by atoms with Gasteiger partial charge in [-0.1, -0.05) is 20.8 Å². The van der Waals surface area contributed by atoms with Gasteiger partial charge in [0.2, 0.25) is 5.91 Å². The topological polar surface area (TPSA) is 105 Å². The molecule has 2 rings (SSSR count). The number of aromatic nitrogens is 1. The van der Waals surface area contributed by atoms with Crippen LogP contribution in [0.15, 0.2) is 5.38 Å². The lowest BCUT2D eigenvalue weighted by molar-refractivity contribution is -0.120. The SMILES string of the molecule is CC(C)(C)Cc1csc(NC(=O)C2CCN(S(N)(=O)=O)CC2)n1. The predicted octanol–water partition coefficient (Wildman–Crippen LogP) is 1.59. The van der Waals surface area contributed by atoms with E-state index in [2.05, 4.69) is 31.1 Å². The van der Waals surface area contributed by atoms with E-state index < -0.39 is 10.2 Å². The van der Waals surface area contributed by atoms with Gasteiger partial charge < -0.3 is 5.32 Å². The van der Waals surface area contributed by atoms with E-state index in [1.165, 1.54) is 15.6 Å². The fourth-order valence-corrected chi connectivity index (χ4v) is 4.00. The lowest BCUT2D eigenvalue weighted by Gasteiger charge is -2.28. The number of hydrogen-bond acceptors (Lipinski definition) is 5. The fraction of sp³-hybridized carbons (Fsp3) is 0.714. The van der Waals surface area contributed by atoms with Crippen molar-refractivity contribution in [1.82, 2.24) is 9.29 Å². The molecule has 2 heterocycles. The molecule has 0 unspecified atom stereocenters. The molecule has 1 fully saturated rings. The van der Waals surface area contributed by atoms with Gasteiger partial charge in [-0.3, -0.25) is 4.79 Å². The van der Waals surface area contributed by atoms with Gasteiger partial charge in [0.15, 0.2) is 5.13 Å². The minimum absolute atomic E-state index is 0.101. The van der Waals surface area contributed by atoms with Crippen molar-refractivity contribution in [2.45, 2.75) is 40.0 Å². The summed E-state index contributed by atoms with van der Waals surface area (Å²) in [5.41, 5.74) is 1.12. The van der Waals surface area contributed by atoms with E-state index in [0.29, 0.717) is 18.0 Å². The second-order valence-corrected chi connectivity index (χ2v) is 9.49. The van der Waals surface area contributed by atoms with Gasteiger partial charge in [-0.25, -0.2) is 10.1 Å². The Morgan fingerprint density at radius 3 is 2.57 bits per heavy atom. The van der Waals surface area contributed by atoms with Crippen LogP contribution in [0, 0.1) is 11.3 Å². The Balaban J connectivity index is 1.88. The van der Waals surface area contributed by atoms with Gasteiger partial charge in [0, 0.05) is 24.4 Å². The Kier molecular flexibility index (Phi) is 5.44. The van der Waals surface area contributed by atoms with Crippen molar-refractivity contribution < 1.29 is 13.2 Å². The summed E-state index contributed by atoms with van der Waals surface area (Å²) in [6.45, 7) is 6.99. The van der Waals surface area contributed by atoms with Gasteiger partial charge in [0.05, 0.1) is 5.69 Å². The molecule has 1 aliphatic rings. The lowest BCUT2D eigenvalue weighted by atomic mass is 9.91. The molecule has 1 aromatic heterocycles. The molecule has 23 heavy (non-hydrogen) atoms. The second-order valence-electron chi connectivity index (χ2n) is 7.09. The zero-order valence-electron chi connectivity index (χ0n) is 13.7. The van der Waals surface area contributed by atoms with Crippen LogP contribution in [0.1, 0.15) is 39.3 Å².